The number of aromatic nitrogens is 2. The second-order valence-electron chi connectivity index (χ2n) is 7.24. The second-order valence-corrected chi connectivity index (χ2v) is 8.53. The number of halogens is 3. The van der Waals surface area contributed by atoms with Gasteiger partial charge in [-0.25, -0.2) is 4.68 Å². The number of hydrogen-bond donors (Lipinski definition) is 0. The van der Waals surface area contributed by atoms with E-state index in [9.17, 15) is 18.0 Å². The quantitative estimate of drug-likeness (QED) is 0.569. The molecule has 0 amide bonds. The molecule has 4 nitrogen and oxygen atoms in total. The van der Waals surface area contributed by atoms with Gasteiger partial charge in [0.25, 0.3) is 5.56 Å². The van der Waals surface area contributed by atoms with Crippen molar-refractivity contribution in [2.75, 3.05) is 0 Å². The van der Waals surface area contributed by atoms with Crippen molar-refractivity contribution in [2.45, 2.75) is 45.2 Å². The van der Waals surface area contributed by atoms with Crippen LogP contribution in [0.4, 0.5) is 13.2 Å². The van der Waals surface area contributed by atoms with Gasteiger partial charge in [-0.15, -0.1) is 11.3 Å². The van der Waals surface area contributed by atoms with Crippen LogP contribution in [0.25, 0.3) is 10.6 Å². The molecule has 1 aromatic carbocycles. The van der Waals surface area contributed by atoms with Crippen LogP contribution < -0.4 is 5.56 Å². The Morgan fingerprint density at radius 2 is 1.90 bits per heavy atom. The Hall–Kier alpha value is -2.45. The van der Waals surface area contributed by atoms with Crippen LogP contribution in [-0.4, -0.2) is 20.7 Å². The SMILES string of the molecule is Cc1ccc(-c2ccc(=O)n(CN(Cc3ccccc3C(F)(F)F)C3CC3)n2)s1. The summed E-state index contributed by atoms with van der Waals surface area (Å²) in [5.74, 6) is 0. The highest BCUT2D eigenvalue weighted by atomic mass is 32.1. The van der Waals surface area contributed by atoms with Gasteiger partial charge in [0.2, 0.25) is 0 Å². The third kappa shape index (κ3) is 4.59. The van der Waals surface area contributed by atoms with Crippen LogP contribution in [0.2, 0.25) is 0 Å². The monoisotopic (exact) mass is 419 g/mol. The Morgan fingerprint density at radius 3 is 2.55 bits per heavy atom. The van der Waals surface area contributed by atoms with Crippen LogP contribution in [0.15, 0.2) is 53.3 Å². The lowest BCUT2D eigenvalue weighted by Gasteiger charge is -2.24. The van der Waals surface area contributed by atoms with Gasteiger partial charge in [0.15, 0.2) is 0 Å². The van der Waals surface area contributed by atoms with Crippen molar-refractivity contribution in [3.8, 4) is 10.6 Å². The van der Waals surface area contributed by atoms with Crippen LogP contribution in [0.3, 0.4) is 0 Å². The lowest BCUT2D eigenvalue weighted by molar-refractivity contribution is -0.138. The second kappa shape index (κ2) is 7.76. The predicted octanol–water partition coefficient (Wildman–Crippen LogP) is 4.92. The molecular formula is C21H20F3N3OS. The molecule has 0 atom stereocenters. The highest BCUT2D eigenvalue weighted by Gasteiger charge is 2.35. The number of nitrogens with zero attached hydrogens (tertiary/aromatic N) is 3. The summed E-state index contributed by atoms with van der Waals surface area (Å²) in [6.07, 6.45) is -2.59. The van der Waals surface area contributed by atoms with Gasteiger partial charge in [-0.3, -0.25) is 9.69 Å². The maximum Gasteiger partial charge on any atom is 0.416 e. The van der Waals surface area contributed by atoms with E-state index >= 15 is 0 Å². The largest absolute Gasteiger partial charge is 0.416 e. The molecule has 0 N–H and O–H groups in total. The molecule has 0 bridgehead atoms. The molecule has 29 heavy (non-hydrogen) atoms. The number of aryl methyl sites for hydroxylation is 1. The first-order valence-electron chi connectivity index (χ1n) is 9.35. The number of rotatable bonds is 6. The first kappa shape index (κ1) is 19.8. The summed E-state index contributed by atoms with van der Waals surface area (Å²) in [7, 11) is 0. The Morgan fingerprint density at radius 1 is 1.14 bits per heavy atom. The van der Waals surface area contributed by atoms with Gasteiger partial charge >= 0.3 is 6.18 Å². The maximum absolute atomic E-state index is 13.4. The van der Waals surface area contributed by atoms with Crippen molar-refractivity contribution in [3.63, 3.8) is 0 Å². The van der Waals surface area contributed by atoms with Crippen molar-refractivity contribution >= 4 is 11.3 Å². The fraction of sp³-hybridized carbons (Fsp3) is 0.333. The Balaban J connectivity index is 1.61. The van der Waals surface area contributed by atoms with Gasteiger partial charge in [-0.2, -0.15) is 18.3 Å². The van der Waals surface area contributed by atoms with Crippen molar-refractivity contribution in [1.29, 1.82) is 0 Å². The maximum atomic E-state index is 13.4. The van der Waals surface area contributed by atoms with Crippen LogP contribution in [-0.2, 0) is 19.4 Å². The van der Waals surface area contributed by atoms with Crippen LogP contribution in [0.1, 0.15) is 28.8 Å². The van der Waals surface area contributed by atoms with Gasteiger partial charge in [-0.05, 0) is 49.6 Å². The van der Waals surface area contributed by atoms with E-state index in [4.69, 9.17) is 0 Å². The predicted molar refractivity (Wildman–Crippen MR) is 107 cm³/mol. The zero-order valence-corrected chi connectivity index (χ0v) is 16.6. The van der Waals surface area contributed by atoms with E-state index in [1.165, 1.54) is 22.9 Å². The Kier molecular flexibility index (Phi) is 5.31. The minimum Gasteiger partial charge on any atom is -0.277 e. The summed E-state index contributed by atoms with van der Waals surface area (Å²) >= 11 is 1.58. The van der Waals surface area contributed by atoms with E-state index in [0.29, 0.717) is 5.69 Å². The minimum absolute atomic E-state index is 0.122. The molecule has 152 valence electrons. The molecule has 0 aliphatic heterocycles. The van der Waals surface area contributed by atoms with E-state index in [0.717, 1.165) is 28.7 Å². The number of thiophene rings is 1. The van der Waals surface area contributed by atoms with Crippen molar-refractivity contribution in [3.05, 3.63) is 74.9 Å². The molecule has 3 aromatic rings. The highest BCUT2D eigenvalue weighted by Crippen LogP contribution is 2.35. The fourth-order valence-corrected chi connectivity index (χ4v) is 4.15. The molecule has 2 heterocycles. The summed E-state index contributed by atoms with van der Waals surface area (Å²) in [6.45, 7) is 2.28. The van der Waals surface area contributed by atoms with Gasteiger partial charge < -0.3 is 0 Å². The standard InChI is InChI=1S/C21H20F3N3OS/c1-14-6-10-19(29-14)18-9-11-20(28)27(25-18)13-26(16-7-8-16)12-15-4-2-3-5-17(15)21(22,23)24/h2-6,9-11,16H,7-8,12-13H2,1H3. The molecule has 0 spiro atoms. The van der Waals surface area contributed by atoms with Gasteiger partial charge in [0.05, 0.1) is 17.1 Å². The molecular weight excluding hydrogens is 399 g/mol. The Bertz CT molecular complexity index is 1070. The molecule has 4 rings (SSSR count). The summed E-state index contributed by atoms with van der Waals surface area (Å²) in [4.78, 5) is 16.4. The highest BCUT2D eigenvalue weighted by molar-refractivity contribution is 7.15. The van der Waals surface area contributed by atoms with E-state index in [-0.39, 0.29) is 30.4 Å². The molecule has 2 aromatic heterocycles. The fourth-order valence-electron chi connectivity index (χ4n) is 3.31. The molecule has 1 fully saturated rings. The number of benzene rings is 1. The topological polar surface area (TPSA) is 38.1 Å². The molecule has 1 aliphatic carbocycles. The lowest BCUT2D eigenvalue weighted by Crippen LogP contribution is -2.35. The van der Waals surface area contributed by atoms with Gasteiger partial charge in [0.1, 0.15) is 5.69 Å². The van der Waals surface area contributed by atoms with Crippen LogP contribution in [0.5, 0.6) is 0 Å². The summed E-state index contributed by atoms with van der Waals surface area (Å²) in [5.41, 5.74) is 0.00433. The van der Waals surface area contributed by atoms with Gasteiger partial charge in [0, 0.05) is 23.5 Å². The molecule has 1 saturated carbocycles. The first-order chi connectivity index (χ1) is 13.8. The molecule has 8 heteroatoms. The van der Waals surface area contributed by atoms with E-state index in [2.05, 4.69) is 5.10 Å². The normalized spacial score (nSPS) is 14.5. The average Bonchev–Trinajstić information content (AvgIpc) is 3.43. The van der Waals surface area contributed by atoms with Crippen molar-refractivity contribution < 1.29 is 13.2 Å². The minimum atomic E-state index is -4.40. The lowest BCUT2D eigenvalue weighted by atomic mass is 10.1. The third-order valence-electron chi connectivity index (χ3n) is 4.93. The zero-order chi connectivity index (χ0) is 20.6. The number of alkyl halides is 3. The molecule has 1 aliphatic rings. The van der Waals surface area contributed by atoms with Crippen molar-refractivity contribution in [2.24, 2.45) is 0 Å². The van der Waals surface area contributed by atoms with Gasteiger partial charge in [-0.1, -0.05) is 18.2 Å². The average molecular weight is 419 g/mol. The van der Waals surface area contributed by atoms with E-state index in [1.807, 2.05) is 24.0 Å². The van der Waals surface area contributed by atoms with E-state index < -0.39 is 11.7 Å². The van der Waals surface area contributed by atoms with E-state index in [1.54, 1.807) is 23.5 Å². The van der Waals surface area contributed by atoms with Crippen molar-refractivity contribution in [1.82, 2.24) is 14.7 Å². The summed E-state index contributed by atoms with van der Waals surface area (Å²) < 4.78 is 41.4. The first-order valence-corrected chi connectivity index (χ1v) is 10.2. The molecule has 0 radical (unpaired) electrons. The zero-order valence-electron chi connectivity index (χ0n) is 15.8. The summed E-state index contributed by atoms with van der Waals surface area (Å²) in [5, 5.41) is 4.47. The third-order valence-corrected chi connectivity index (χ3v) is 5.96. The smallest absolute Gasteiger partial charge is 0.277 e. The number of hydrogen-bond acceptors (Lipinski definition) is 4. The summed E-state index contributed by atoms with van der Waals surface area (Å²) in [6, 6.07) is 12.9. The van der Waals surface area contributed by atoms with Crippen LogP contribution in [0, 0.1) is 6.92 Å². The Labute approximate surface area is 170 Å². The molecule has 0 unspecified atom stereocenters. The van der Waals surface area contributed by atoms with Crippen LogP contribution >= 0.6 is 11.3 Å². The molecule has 0 saturated heterocycles.